The summed E-state index contributed by atoms with van der Waals surface area (Å²) in [5, 5.41) is 0.642. The fourth-order valence-corrected chi connectivity index (χ4v) is 2.78. The predicted molar refractivity (Wildman–Crippen MR) is 51.1 cm³/mol. The third kappa shape index (κ3) is 2.52. The zero-order valence-electron chi connectivity index (χ0n) is 7.12. The Morgan fingerprint density at radius 1 is 1.33 bits per heavy atom. The zero-order valence-corrected chi connectivity index (χ0v) is 8.83. The van der Waals surface area contributed by atoms with Gasteiger partial charge in [0, 0.05) is 0 Å². The summed E-state index contributed by atoms with van der Waals surface area (Å²) < 4.78 is 12.4. The number of nitrogens with two attached hydrogens (primary N) is 1. The van der Waals surface area contributed by atoms with Gasteiger partial charge in [-0.05, 0) is 0 Å². The van der Waals surface area contributed by atoms with Crippen LogP contribution in [-0.2, 0) is 3.83 Å². The molecule has 0 amide bonds. The van der Waals surface area contributed by atoms with Crippen LogP contribution in [0.15, 0.2) is 24.3 Å². The first-order valence-electron chi connectivity index (χ1n) is 3.89. The minimum atomic E-state index is -1.83. The van der Waals surface area contributed by atoms with E-state index in [2.05, 4.69) is 0 Å². The van der Waals surface area contributed by atoms with E-state index in [9.17, 15) is 3.83 Å². The van der Waals surface area contributed by atoms with Crippen molar-refractivity contribution in [2.24, 2.45) is 5.73 Å². The normalized spacial score (nSPS) is 12.8. The second-order valence-corrected chi connectivity index (χ2v) is 5.95. The summed E-state index contributed by atoms with van der Waals surface area (Å²) in [6.45, 7) is 2.54. The Hall–Kier alpha value is -0.501. The summed E-state index contributed by atoms with van der Waals surface area (Å²) in [5.74, 6) is 0. The van der Waals surface area contributed by atoms with Crippen LogP contribution in [0.2, 0.25) is 5.32 Å². The maximum absolute atomic E-state index is 11.5. The predicted octanol–water partition coefficient (Wildman–Crippen LogP) is 0.583. The van der Waals surface area contributed by atoms with Crippen molar-refractivity contribution in [3.8, 4) is 0 Å². The Balaban J connectivity index is 2.75. The molecule has 1 unspecified atom stereocenters. The second kappa shape index (κ2) is 4.51. The first kappa shape index (κ1) is 9.59. The van der Waals surface area contributed by atoms with Crippen molar-refractivity contribution in [2.75, 3.05) is 6.54 Å². The summed E-state index contributed by atoms with van der Waals surface area (Å²) in [6, 6.07) is 7.84. The molecule has 1 atom stereocenters. The van der Waals surface area contributed by atoms with Gasteiger partial charge >= 0.3 is 76.5 Å². The summed E-state index contributed by atoms with van der Waals surface area (Å²) in [5.41, 5.74) is 6.53. The molecule has 0 aliphatic heterocycles. The summed E-state index contributed by atoms with van der Waals surface area (Å²) in [7, 11) is 0. The Kier molecular flexibility index (Phi) is 3.60. The van der Waals surface area contributed by atoms with Gasteiger partial charge in [0.25, 0.3) is 0 Å². The molecular weight excluding hydrogens is 217 g/mol. The zero-order chi connectivity index (χ0) is 8.97. The standard InChI is InChI=1S/C9H13NOSe/c1-8-2-4-9(5-3-8)12(11)7-6-10/h2-5H,6-7,10H2,1H3. The first-order valence-corrected chi connectivity index (χ1v) is 6.66. The van der Waals surface area contributed by atoms with Crippen LogP contribution in [0, 0.1) is 6.92 Å². The van der Waals surface area contributed by atoms with E-state index in [-0.39, 0.29) is 0 Å². The van der Waals surface area contributed by atoms with Gasteiger partial charge in [0.05, 0.1) is 0 Å². The number of rotatable bonds is 3. The van der Waals surface area contributed by atoms with Crippen molar-refractivity contribution >= 4 is 18.3 Å². The Morgan fingerprint density at radius 3 is 2.42 bits per heavy atom. The van der Waals surface area contributed by atoms with Gasteiger partial charge in [-0.25, -0.2) is 0 Å². The van der Waals surface area contributed by atoms with Crippen molar-refractivity contribution in [3.05, 3.63) is 29.8 Å². The van der Waals surface area contributed by atoms with E-state index in [4.69, 9.17) is 5.73 Å². The fourth-order valence-electron chi connectivity index (χ4n) is 0.915. The molecule has 1 aromatic carbocycles. The van der Waals surface area contributed by atoms with Gasteiger partial charge in [-0.15, -0.1) is 0 Å². The molecule has 1 rings (SSSR count). The van der Waals surface area contributed by atoms with E-state index >= 15 is 0 Å². The maximum atomic E-state index is 11.5. The van der Waals surface area contributed by atoms with Crippen LogP contribution in [0.25, 0.3) is 0 Å². The van der Waals surface area contributed by atoms with Crippen LogP contribution in [-0.4, -0.2) is 20.4 Å². The Morgan fingerprint density at radius 2 is 1.92 bits per heavy atom. The van der Waals surface area contributed by atoms with Gasteiger partial charge in [0.15, 0.2) is 0 Å². The molecule has 0 aliphatic carbocycles. The molecular formula is C9H13NOSe. The quantitative estimate of drug-likeness (QED) is 0.772. The third-order valence-corrected chi connectivity index (χ3v) is 4.53. The van der Waals surface area contributed by atoms with Crippen molar-refractivity contribution < 1.29 is 3.83 Å². The average molecular weight is 230 g/mol. The molecule has 2 nitrogen and oxygen atoms in total. The molecule has 0 heterocycles. The van der Waals surface area contributed by atoms with Crippen molar-refractivity contribution in [1.29, 1.82) is 0 Å². The van der Waals surface area contributed by atoms with Gasteiger partial charge in [0.2, 0.25) is 0 Å². The van der Waals surface area contributed by atoms with Crippen molar-refractivity contribution in [1.82, 2.24) is 0 Å². The topological polar surface area (TPSA) is 43.1 Å². The molecule has 0 aliphatic rings. The van der Waals surface area contributed by atoms with Crippen LogP contribution >= 0.6 is 0 Å². The monoisotopic (exact) mass is 231 g/mol. The minimum absolute atomic E-state index is 0.516. The Bertz CT molecular complexity index is 268. The molecule has 0 bridgehead atoms. The first-order chi connectivity index (χ1) is 5.74. The number of hydrogen-bond donors (Lipinski definition) is 1. The van der Waals surface area contributed by atoms with Crippen LogP contribution in [0.1, 0.15) is 5.56 Å². The number of aryl methyl sites for hydroxylation is 1. The molecule has 2 N–H and O–H groups in total. The molecule has 0 saturated heterocycles. The van der Waals surface area contributed by atoms with Gasteiger partial charge in [-0.3, -0.25) is 0 Å². The molecule has 0 saturated carbocycles. The average Bonchev–Trinajstić information content (AvgIpc) is 2.06. The summed E-state index contributed by atoms with van der Waals surface area (Å²) in [4.78, 5) is 0. The van der Waals surface area contributed by atoms with Crippen LogP contribution in [0.5, 0.6) is 0 Å². The van der Waals surface area contributed by atoms with E-state index < -0.39 is 13.8 Å². The molecule has 66 valence electrons. The summed E-state index contributed by atoms with van der Waals surface area (Å²) in [6.07, 6.45) is 0. The van der Waals surface area contributed by atoms with Gasteiger partial charge in [-0.2, -0.15) is 0 Å². The molecule has 0 radical (unpaired) electrons. The van der Waals surface area contributed by atoms with Crippen LogP contribution in [0.3, 0.4) is 0 Å². The number of benzene rings is 1. The van der Waals surface area contributed by atoms with Gasteiger partial charge < -0.3 is 0 Å². The number of hydrogen-bond acceptors (Lipinski definition) is 2. The van der Waals surface area contributed by atoms with E-state index in [0.29, 0.717) is 11.9 Å². The summed E-state index contributed by atoms with van der Waals surface area (Å²) >= 11 is -1.83. The third-order valence-electron chi connectivity index (χ3n) is 1.59. The Labute approximate surface area is 76.9 Å². The van der Waals surface area contributed by atoms with E-state index in [1.54, 1.807) is 0 Å². The van der Waals surface area contributed by atoms with Gasteiger partial charge in [0.1, 0.15) is 0 Å². The van der Waals surface area contributed by atoms with Crippen LogP contribution < -0.4 is 10.2 Å². The van der Waals surface area contributed by atoms with Crippen LogP contribution in [0.4, 0.5) is 0 Å². The molecule has 0 aromatic heterocycles. The molecule has 3 heteroatoms. The van der Waals surface area contributed by atoms with Gasteiger partial charge in [-0.1, -0.05) is 0 Å². The molecule has 12 heavy (non-hydrogen) atoms. The van der Waals surface area contributed by atoms with Crippen molar-refractivity contribution in [3.63, 3.8) is 0 Å². The van der Waals surface area contributed by atoms with E-state index in [0.717, 1.165) is 4.46 Å². The molecule has 0 spiro atoms. The second-order valence-electron chi connectivity index (χ2n) is 2.65. The van der Waals surface area contributed by atoms with E-state index in [1.807, 2.05) is 31.2 Å². The molecule has 1 aromatic rings. The SMILES string of the molecule is Cc1ccc([Se](=O)CCN)cc1. The molecule has 0 fully saturated rings. The van der Waals surface area contributed by atoms with Crippen molar-refractivity contribution in [2.45, 2.75) is 12.2 Å². The van der Waals surface area contributed by atoms with E-state index in [1.165, 1.54) is 5.56 Å². The fraction of sp³-hybridized carbons (Fsp3) is 0.333.